The lowest BCUT2D eigenvalue weighted by Crippen LogP contribution is -2.52. The fourth-order valence-corrected chi connectivity index (χ4v) is 7.66. The van der Waals surface area contributed by atoms with Gasteiger partial charge in [0.2, 0.25) is 17.7 Å². The fraction of sp³-hybridized carbons (Fsp3) is 0.375. The molecule has 1 aliphatic heterocycles. The maximum Gasteiger partial charge on any atom is 0.243 e. The van der Waals surface area contributed by atoms with E-state index in [0.717, 1.165) is 11.1 Å². The third kappa shape index (κ3) is 11.9. The van der Waals surface area contributed by atoms with Crippen molar-refractivity contribution in [1.29, 1.82) is 0 Å². The molecule has 0 fully saturated rings. The number of hydrogen-bond acceptors (Lipinski definition) is 10. The zero-order chi connectivity index (χ0) is 45.1. The molecule has 62 heavy (non-hydrogen) atoms. The summed E-state index contributed by atoms with van der Waals surface area (Å²) in [5.74, 6) is -4.42. The first-order valence-corrected chi connectivity index (χ1v) is 21.2. The van der Waals surface area contributed by atoms with Crippen LogP contribution in [0, 0.1) is 11.8 Å². The Hall–Kier alpha value is -5.89. The van der Waals surface area contributed by atoms with E-state index in [1.807, 2.05) is 24.3 Å². The van der Waals surface area contributed by atoms with Crippen LogP contribution in [0.3, 0.4) is 0 Å². The van der Waals surface area contributed by atoms with E-state index in [0.29, 0.717) is 53.1 Å². The highest BCUT2D eigenvalue weighted by atomic mass is 35.5. The van der Waals surface area contributed by atoms with E-state index in [-0.39, 0.29) is 61.1 Å². The molecule has 5 rings (SSSR count). The molecule has 5 atom stereocenters. The van der Waals surface area contributed by atoms with E-state index in [9.17, 15) is 39.0 Å². The van der Waals surface area contributed by atoms with Crippen LogP contribution in [0.4, 0.5) is 0 Å². The number of nitrogens with zero attached hydrogens (tertiary/aromatic N) is 1. The van der Waals surface area contributed by atoms with Gasteiger partial charge in [0.1, 0.15) is 30.2 Å². The van der Waals surface area contributed by atoms with Crippen LogP contribution in [-0.4, -0.2) is 89.1 Å². The molecule has 1 aliphatic rings. The molecule has 1 heterocycles. The minimum atomic E-state index is -1.27. The van der Waals surface area contributed by atoms with Gasteiger partial charge in [0, 0.05) is 59.9 Å². The Balaban J connectivity index is 1.54. The smallest absolute Gasteiger partial charge is 0.243 e. The Labute approximate surface area is 367 Å². The number of phenolic OH excluding ortho intramolecular Hbond substituents is 1. The lowest BCUT2D eigenvalue weighted by molar-refractivity contribution is -0.142. The van der Waals surface area contributed by atoms with E-state index in [2.05, 4.69) is 10.6 Å². The van der Waals surface area contributed by atoms with E-state index >= 15 is 0 Å². The SMILES string of the molecule is CC(=O)[C@H](C)NC(=O)[C@@H]1Cc2ccc(OCCO)c(c2)-c2cc(ccc2O)[C@H](N(C)C(=O)[C@H](CCCCN)CC(=O)c2ccc(-c3ccc(Cl)cc3)cc2)C(=O)C[C@@H](C)C(=O)N1. The molecule has 4 bridgehead atoms. The number of Topliss-reactive ketones (excluding diaryl/α,β-unsaturated/α-hetero) is 3. The minimum absolute atomic E-state index is 0.0206. The molecule has 0 spiro atoms. The average molecular weight is 867 g/mol. The number of ketones is 3. The van der Waals surface area contributed by atoms with Crippen molar-refractivity contribution in [2.45, 2.75) is 77.4 Å². The van der Waals surface area contributed by atoms with Crippen molar-refractivity contribution < 1.29 is 43.7 Å². The highest BCUT2D eigenvalue weighted by Gasteiger charge is 2.36. The summed E-state index contributed by atoms with van der Waals surface area (Å²) in [5.41, 5.74) is 9.55. The number of aliphatic hydroxyl groups is 1. The van der Waals surface area contributed by atoms with E-state index in [1.165, 1.54) is 37.9 Å². The summed E-state index contributed by atoms with van der Waals surface area (Å²) < 4.78 is 5.87. The third-order valence-corrected chi connectivity index (χ3v) is 11.5. The predicted molar refractivity (Wildman–Crippen MR) is 237 cm³/mol. The standard InChI is InChI=1S/C48H55ClN4O9/c1-28-23-43(58)45(53(4)48(61)36(7-5-6-20-50)27-42(57)34-11-9-32(10-12-34)33-13-16-37(49)17-14-33)35-15-18-41(56)38(26-35)39-24-31(8-19-44(39)62-22-21-54)25-40(52-46(28)59)47(60)51-29(2)30(3)55/h8-19,24,26,28-29,36,40,45,54,56H,5-7,20-23,25,27,50H2,1-4H3,(H,51,60)(H,52,59)/t28-,29+,36-,40+,45+/m1/s1. The highest BCUT2D eigenvalue weighted by Crippen LogP contribution is 2.40. The summed E-state index contributed by atoms with van der Waals surface area (Å²) >= 11 is 6.06. The number of aliphatic hydroxyl groups excluding tert-OH is 1. The number of hydrogen-bond donors (Lipinski definition) is 5. The molecule has 4 aromatic rings. The van der Waals surface area contributed by atoms with Crippen LogP contribution in [0.1, 0.15) is 80.4 Å². The molecule has 0 aliphatic carbocycles. The van der Waals surface area contributed by atoms with Crippen LogP contribution in [0.2, 0.25) is 5.02 Å². The third-order valence-electron chi connectivity index (χ3n) is 11.2. The van der Waals surface area contributed by atoms with Gasteiger partial charge in [-0.05, 0) is 91.9 Å². The molecule has 0 aromatic heterocycles. The molecule has 0 saturated carbocycles. The van der Waals surface area contributed by atoms with Gasteiger partial charge in [0.05, 0.1) is 12.6 Å². The number of phenols is 1. The summed E-state index contributed by atoms with van der Waals surface area (Å²) in [6.45, 7) is 4.42. The second-order valence-electron chi connectivity index (χ2n) is 15.9. The molecule has 6 N–H and O–H groups in total. The Morgan fingerprint density at radius 3 is 2.26 bits per heavy atom. The Kier molecular flexibility index (Phi) is 16.6. The monoisotopic (exact) mass is 866 g/mol. The number of ether oxygens (including phenoxy) is 1. The number of carbonyl (C=O) groups excluding carboxylic acids is 6. The quantitative estimate of drug-likeness (QED) is 0.0657. The van der Waals surface area contributed by atoms with Gasteiger partial charge >= 0.3 is 0 Å². The predicted octanol–water partition coefficient (Wildman–Crippen LogP) is 6.00. The second kappa shape index (κ2) is 21.8. The number of carbonyl (C=O) groups is 6. The molecular formula is C48H55ClN4O9. The number of benzene rings is 4. The summed E-state index contributed by atoms with van der Waals surface area (Å²) in [6.07, 6.45) is 0.983. The normalized spacial score (nSPS) is 17.5. The Bertz CT molecular complexity index is 2260. The van der Waals surface area contributed by atoms with Crippen molar-refractivity contribution >= 4 is 46.7 Å². The van der Waals surface area contributed by atoms with Crippen LogP contribution >= 0.6 is 11.6 Å². The van der Waals surface area contributed by atoms with Crippen molar-refractivity contribution in [2.24, 2.45) is 17.6 Å². The number of aromatic hydroxyl groups is 1. The summed E-state index contributed by atoms with van der Waals surface area (Å²) in [4.78, 5) is 83.9. The van der Waals surface area contributed by atoms with Crippen molar-refractivity contribution in [3.63, 3.8) is 0 Å². The molecule has 13 nitrogen and oxygen atoms in total. The summed E-state index contributed by atoms with van der Waals surface area (Å²) in [5, 5.41) is 27.0. The maximum absolute atomic E-state index is 14.7. The van der Waals surface area contributed by atoms with E-state index < -0.39 is 53.5 Å². The number of amides is 3. The molecule has 0 saturated heterocycles. The van der Waals surface area contributed by atoms with Crippen molar-refractivity contribution in [2.75, 3.05) is 26.8 Å². The zero-order valence-electron chi connectivity index (χ0n) is 35.5. The molecule has 4 aromatic carbocycles. The Morgan fingerprint density at radius 2 is 1.61 bits per heavy atom. The first-order valence-electron chi connectivity index (χ1n) is 20.8. The molecule has 328 valence electrons. The largest absolute Gasteiger partial charge is 0.507 e. The number of likely N-dealkylation sites (N-methyl/N-ethyl adjacent to an activating group) is 1. The first-order chi connectivity index (χ1) is 29.6. The molecule has 0 unspecified atom stereocenters. The zero-order valence-corrected chi connectivity index (χ0v) is 36.2. The van der Waals surface area contributed by atoms with Crippen LogP contribution in [-0.2, 0) is 30.4 Å². The fourth-order valence-electron chi connectivity index (χ4n) is 7.54. The van der Waals surface area contributed by atoms with Gasteiger partial charge in [-0.1, -0.05) is 73.5 Å². The van der Waals surface area contributed by atoms with E-state index in [4.69, 9.17) is 22.1 Å². The van der Waals surface area contributed by atoms with E-state index in [1.54, 1.807) is 55.5 Å². The lowest BCUT2D eigenvalue weighted by atomic mass is 9.88. The van der Waals surface area contributed by atoms with Gasteiger partial charge in [0.25, 0.3) is 0 Å². The van der Waals surface area contributed by atoms with Gasteiger partial charge in [-0.25, -0.2) is 0 Å². The van der Waals surface area contributed by atoms with Crippen LogP contribution < -0.4 is 21.1 Å². The number of unbranched alkanes of at least 4 members (excludes halogenated alkanes) is 1. The van der Waals surface area contributed by atoms with Gasteiger partial charge in [-0.15, -0.1) is 0 Å². The van der Waals surface area contributed by atoms with Crippen molar-refractivity contribution in [3.8, 4) is 33.8 Å². The van der Waals surface area contributed by atoms with Gasteiger partial charge in [0.15, 0.2) is 17.3 Å². The van der Waals surface area contributed by atoms with Crippen molar-refractivity contribution in [1.82, 2.24) is 15.5 Å². The van der Waals surface area contributed by atoms with Gasteiger partial charge in [-0.3, -0.25) is 28.8 Å². The maximum atomic E-state index is 14.7. The van der Waals surface area contributed by atoms with Crippen LogP contribution in [0.15, 0.2) is 84.9 Å². The lowest BCUT2D eigenvalue weighted by Gasteiger charge is -2.32. The van der Waals surface area contributed by atoms with Gasteiger partial charge < -0.3 is 36.2 Å². The number of nitrogens with two attached hydrogens (primary N) is 1. The van der Waals surface area contributed by atoms with Crippen molar-refractivity contribution in [3.05, 3.63) is 107 Å². The highest BCUT2D eigenvalue weighted by molar-refractivity contribution is 6.30. The van der Waals surface area contributed by atoms with Crippen LogP contribution in [0.5, 0.6) is 11.5 Å². The number of halogens is 1. The molecule has 0 radical (unpaired) electrons. The molecule has 14 heteroatoms. The van der Waals surface area contributed by atoms with Crippen LogP contribution in [0.25, 0.3) is 22.3 Å². The Morgan fingerprint density at radius 1 is 0.935 bits per heavy atom. The second-order valence-corrected chi connectivity index (χ2v) is 16.3. The van der Waals surface area contributed by atoms with Gasteiger partial charge in [-0.2, -0.15) is 0 Å². The average Bonchev–Trinajstić information content (AvgIpc) is 3.25. The summed E-state index contributed by atoms with van der Waals surface area (Å²) in [6, 6.07) is 20.7. The minimum Gasteiger partial charge on any atom is -0.507 e. The molecular weight excluding hydrogens is 812 g/mol. The topological polar surface area (TPSA) is 205 Å². The summed E-state index contributed by atoms with van der Waals surface area (Å²) in [7, 11) is 1.49. The number of nitrogens with one attached hydrogen (secondary N) is 2. The number of rotatable bonds is 16. The number of fused-ring (bicyclic) bond motifs is 5. The molecule has 3 amide bonds. The first kappa shape index (κ1) is 47.2.